The molecule has 5 rings (SSSR count). The summed E-state index contributed by atoms with van der Waals surface area (Å²) in [7, 11) is -5.01. The van der Waals surface area contributed by atoms with Gasteiger partial charge >= 0.3 is 6.18 Å². The Hall–Kier alpha value is -2.82. The summed E-state index contributed by atoms with van der Waals surface area (Å²) in [6, 6.07) is 13.0. The maximum atomic E-state index is 13.9. The largest absolute Gasteiger partial charge is 0.390 e. The molecule has 3 aromatic rings. The Balaban J connectivity index is 1.63. The highest BCUT2D eigenvalue weighted by molar-refractivity contribution is 7.86. The van der Waals surface area contributed by atoms with Gasteiger partial charge in [-0.1, -0.05) is 67.3 Å². The number of alkyl halides is 3. The minimum Gasteiger partial charge on any atom is -0.335 e. The van der Waals surface area contributed by atoms with E-state index in [4.69, 9.17) is 11.6 Å². The molecule has 1 amide bonds. The molecule has 1 fully saturated rings. The van der Waals surface area contributed by atoms with E-state index < -0.39 is 28.0 Å². The Morgan fingerprint density at radius 3 is 2.30 bits per heavy atom. The fourth-order valence-electron chi connectivity index (χ4n) is 6.19. The molecular weight excluding hydrogens is 565 g/mol. The number of nitrogens with zero attached hydrogens (tertiary/aromatic N) is 2. The lowest BCUT2D eigenvalue weighted by Crippen LogP contribution is -2.45. The highest BCUT2D eigenvalue weighted by Crippen LogP contribution is 2.41. The molecule has 0 saturated heterocycles. The van der Waals surface area contributed by atoms with E-state index in [2.05, 4.69) is 0 Å². The first kappa shape index (κ1) is 28.7. The number of benzene rings is 2. The van der Waals surface area contributed by atoms with Gasteiger partial charge in [0.05, 0.1) is 28.4 Å². The van der Waals surface area contributed by atoms with Crippen LogP contribution in [0.25, 0.3) is 16.9 Å². The first-order chi connectivity index (χ1) is 18.9. The molecule has 0 radical (unpaired) electrons. The molecule has 6 nitrogen and oxygen atoms in total. The van der Waals surface area contributed by atoms with Gasteiger partial charge in [0.25, 0.3) is 16.0 Å². The molecule has 2 aliphatic rings. The van der Waals surface area contributed by atoms with E-state index in [1.165, 1.54) is 30.7 Å². The zero-order chi connectivity index (χ0) is 28.8. The smallest absolute Gasteiger partial charge is 0.335 e. The first-order valence-electron chi connectivity index (χ1n) is 13.3. The maximum absolute atomic E-state index is 13.9. The van der Waals surface area contributed by atoms with Gasteiger partial charge in [-0.3, -0.25) is 9.35 Å². The van der Waals surface area contributed by atoms with Gasteiger partial charge in [0.2, 0.25) is 0 Å². The summed E-state index contributed by atoms with van der Waals surface area (Å²) in [5, 5.41) is -1.67. The van der Waals surface area contributed by atoms with Crippen molar-refractivity contribution in [3.63, 3.8) is 0 Å². The molecule has 1 aliphatic heterocycles. The van der Waals surface area contributed by atoms with Crippen LogP contribution in [0, 0.1) is 6.92 Å². The molecule has 0 spiro atoms. The molecule has 2 heterocycles. The second kappa shape index (κ2) is 10.9. The third-order valence-corrected chi connectivity index (χ3v) is 9.50. The summed E-state index contributed by atoms with van der Waals surface area (Å²) in [4.78, 5) is 15.9. The molecule has 0 bridgehead atoms. The van der Waals surface area contributed by atoms with Gasteiger partial charge in [-0.05, 0) is 48.6 Å². The van der Waals surface area contributed by atoms with Crippen LogP contribution in [-0.2, 0) is 16.5 Å². The molecule has 1 aromatic heterocycles. The number of hydrogen-bond donors (Lipinski definition) is 1. The Kier molecular flexibility index (Phi) is 7.80. The van der Waals surface area contributed by atoms with E-state index >= 15 is 0 Å². The van der Waals surface area contributed by atoms with E-state index in [1.54, 1.807) is 12.1 Å². The normalized spacial score (nSPS) is 17.6. The average molecular weight is 595 g/mol. The van der Waals surface area contributed by atoms with Crippen molar-refractivity contribution in [1.82, 2.24) is 9.47 Å². The van der Waals surface area contributed by atoms with Crippen LogP contribution >= 0.6 is 11.6 Å². The van der Waals surface area contributed by atoms with E-state index in [1.807, 2.05) is 28.5 Å². The highest BCUT2D eigenvalue weighted by Gasteiger charge is 2.39. The topological polar surface area (TPSA) is 79.6 Å². The maximum Gasteiger partial charge on any atom is 0.390 e. The lowest BCUT2D eigenvalue weighted by Gasteiger charge is -2.37. The SMILES string of the molecule is Cc1c2c(n(-c3ccccc3Cl)c1-c1ccc(C(CC(F)(F)F)S(=O)(=O)O)cc1)CCN(C1CCCCC1)C2=O. The third-order valence-electron chi connectivity index (χ3n) is 8.02. The van der Waals surface area contributed by atoms with Gasteiger partial charge in [0, 0.05) is 24.7 Å². The summed E-state index contributed by atoms with van der Waals surface area (Å²) < 4.78 is 74.4. The van der Waals surface area contributed by atoms with E-state index in [-0.39, 0.29) is 17.5 Å². The summed E-state index contributed by atoms with van der Waals surface area (Å²) in [5.74, 6) is -0.0362. The van der Waals surface area contributed by atoms with Crippen LogP contribution in [0.5, 0.6) is 0 Å². The van der Waals surface area contributed by atoms with E-state index in [0.29, 0.717) is 40.5 Å². The lowest BCUT2D eigenvalue weighted by molar-refractivity contribution is -0.135. The molecule has 2 aromatic carbocycles. The number of aromatic nitrogens is 1. The number of carbonyl (C=O) groups is 1. The quantitative estimate of drug-likeness (QED) is 0.303. The van der Waals surface area contributed by atoms with E-state index in [0.717, 1.165) is 36.9 Å². The van der Waals surface area contributed by atoms with Crippen molar-refractivity contribution >= 4 is 27.6 Å². The van der Waals surface area contributed by atoms with Crippen molar-refractivity contribution in [2.45, 2.75) is 69.3 Å². The predicted molar refractivity (Wildman–Crippen MR) is 148 cm³/mol. The number of para-hydroxylation sites is 1. The summed E-state index contributed by atoms with van der Waals surface area (Å²) >= 11 is 6.62. The van der Waals surface area contributed by atoms with Gasteiger partial charge in [-0.15, -0.1) is 0 Å². The highest BCUT2D eigenvalue weighted by atomic mass is 35.5. The van der Waals surface area contributed by atoms with Crippen molar-refractivity contribution in [3.05, 3.63) is 75.9 Å². The molecule has 40 heavy (non-hydrogen) atoms. The molecule has 1 aliphatic carbocycles. The van der Waals surface area contributed by atoms with Crippen LogP contribution in [0.2, 0.25) is 5.02 Å². The van der Waals surface area contributed by atoms with Gasteiger partial charge in [0.1, 0.15) is 5.25 Å². The number of rotatable bonds is 6. The monoisotopic (exact) mass is 594 g/mol. The number of amides is 1. The second-order valence-electron chi connectivity index (χ2n) is 10.6. The van der Waals surface area contributed by atoms with Gasteiger partial charge in [-0.25, -0.2) is 0 Å². The van der Waals surface area contributed by atoms with Crippen molar-refractivity contribution in [2.24, 2.45) is 0 Å². The average Bonchev–Trinajstić information content (AvgIpc) is 3.20. The Labute approximate surface area is 236 Å². The summed E-state index contributed by atoms with van der Waals surface area (Å²) in [6.45, 7) is 2.43. The molecule has 11 heteroatoms. The van der Waals surface area contributed by atoms with Crippen LogP contribution in [0.1, 0.15) is 71.0 Å². The van der Waals surface area contributed by atoms with Crippen LogP contribution < -0.4 is 0 Å². The second-order valence-corrected chi connectivity index (χ2v) is 12.6. The molecule has 214 valence electrons. The molecule has 1 atom stereocenters. The lowest BCUT2D eigenvalue weighted by atomic mass is 9.91. The zero-order valence-corrected chi connectivity index (χ0v) is 23.5. The van der Waals surface area contributed by atoms with Gasteiger partial charge in [-0.2, -0.15) is 21.6 Å². The van der Waals surface area contributed by atoms with Crippen molar-refractivity contribution in [3.8, 4) is 16.9 Å². The van der Waals surface area contributed by atoms with Crippen LogP contribution in [0.4, 0.5) is 13.2 Å². The number of fused-ring (bicyclic) bond motifs is 1. The number of halogens is 4. The fourth-order valence-corrected chi connectivity index (χ4v) is 7.31. The van der Waals surface area contributed by atoms with Gasteiger partial charge < -0.3 is 9.47 Å². The van der Waals surface area contributed by atoms with Gasteiger partial charge in [0.15, 0.2) is 0 Å². The number of hydrogen-bond acceptors (Lipinski definition) is 3. The zero-order valence-electron chi connectivity index (χ0n) is 21.9. The molecular formula is C29H30ClF3N2O4S. The Bertz CT molecular complexity index is 1530. The Morgan fingerprint density at radius 2 is 1.70 bits per heavy atom. The minimum absolute atomic E-state index is 0.0362. The van der Waals surface area contributed by atoms with Crippen LogP contribution in [0.15, 0.2) is 48.5 Å². The molecule has 1 saturated carbocycles. The first-order valence-corrected chi connectivity index (χ1v) is 15.2. The summed E-state index contributed by atoms with van der Waals surface area (Å²) in [5.41, 5.74) is 3.85. The van der Waals surface area contributed by atoms with Crippen molar-refractivity contribution < 1.29 is 30.9 Å². The molecule has 1 N–H and O–H groups in total. The third kappa shape index (κ3) is 5.53. The minimum atomic E-state index is -5.01. The summed E-state index contributed by atoms with van der Waals surface area (Å²) in [6.07, 6.45) is -0.572. The fraction of sp³-hybridized carbons (Fsp3) is 0.414. The number of carbonyl (C=O) groups excluding carboxylic acids is 1. The predicted octanol–water partition coefficient (Wildman–Crippen LogP) is 7.32. The van der Waals surface area contributed by atoms with E-state index in [9.17, 15) is 30.9 Å². The van der Waals surface area contributed by atoms with Crippen LogP contribution in [-0.4, -0.2) is 47.1 Å². The van der Waals surface area contributed by atoms with Crippen molar-refractivity contribution in [2.75, 3.05) is 6.54 Å². The molecule has 1 unspecified atom stereocenters. The Morgan fingerprint density at radius 1 is 1.05 bits per heavy atom. The standard InChI is InChI=1S/C29H30ClF3N2O4S/c1-18-26-24(15-16-34(28(26)36)21-7-3-2-4-8-21)35(23-10-6-5-9-22(23)30)27(18)20-13-11-19(12-14-20)25(40(37,38)39)17-29(31,32)33/h5-6,9-14,21,25H,2-4,7-8,15-17H2,1H3,(H,37,38,39). The van der Waals surface area contributed by atoms with Crippen LogP contribution in [0.3, 0.4) is 0 Å². The van der Waals surface area contributed by atoms with Crippen molar-refractivity contribution in [1.29, 1.82) is 0 Å².